The number of nitrogens with zero attached hydrogens (tertiary/aromatic N) is 1. The molecule has 2 aromatic rings. The van der Waals surface area contributed by atoms with Crippen LogP contribution in [0.25, 0.3) is 10.2 Å². The number of thiazole rings is 1. The molecule has 1 aliphatic heterocycles. The smallest absolute Gasteiger partial charge is 0.120 e. The van der Waals surface area contributed by atoms with Crippen molar-refractivity contribution in [2.45, 2.75) is 25.2 Å². The predicted molar refractivity (Wildman–Crippen MR) is 75.6 cm³/mol. The summed E-state index contributed by atoms with van der Waals surface area (Å²) in [6.45, 7) is 4.48. The lowest BCUT2D eigenvalue weighted by Crippen LogP contribution is -2.40. The second kappa shape index (κ2) is 4.52. The average Bonchev–Trinajstić information content (AvgIpc) is 2.83. The molecular weight excluding hydrogens is 244 g/mol. The van der Waals surface area contributed by atoms with Gasteiger partial charge in [0.2, 0.25) is 0 Å². The predicted octanol–water partition coefficient (Wildman–Crippen LogP) is 2.95. The Kier molecular flexibility index (Phi) is 2.99. The molecule has 4 heteroatoms. The van der Waals surface area contributed by atoms with Crippen LogP contribution in [-0.4, -0.2) is 25.2 Å². The molecule has 1 saturated heterocycles. The van der Waals surface area contributed by atoms with Crippen LogP contribution in [0.1, 0.15) is 24.8 Å². The van der Waals surface area contributed by atoms with Crippen LogP contribution in [0.15, 0.2) is 18.2 Å². The monoisotopic (exact) mass is 262 g/mol. The number of nitrogens with one attached hydrogen (secondary N) is 1. The quantitative estimate of drug-likeness (QED) is 0.903. The fraction of sp³-hybridized carbons (Fsp3) is 0.500. The second-order valence-electron chi connectivity index (χ2n) is 5.19. The van der Waals surface area contributed by atoms with Crippen molar-refractivity contribution in [1.82, 2.24) is 10.3 Å². The van der Waals surface area contributed by atoms with E-state index in [0.717, 1.165) is 24.4 Å². The Bertz CT molecular complexity index is 558. The zero-order valence-corrected chi connectivity index (χ0v) is 11.6. The molecule has 3 rings (SSSR count). The second-order valence-corrected chi connectivity index (χ2v) is 6.22. The summed E-state index contributed by atoms with van der Waals surface area (Å²) in [4.78, 5) is 4.81. The Labute approximate surface area is 111 Å². The maximum atomic E-state index is 5.27. The number of hydrogen-bond acceptors (Lipinski definition) is 4. The summed E-state index contributed by atoms with van der Waals surface area (Å²) < 4.78 is 6.49. The van der Waals surface area contributed by atoms with Gasteiger partial charge in [0.1, 0.15) is 10.8 Å². The maximum Gasteiger partial charge on any atom is 0.120 e. The van der Waals surface area contributed by atoms with Gasteiger partial charge in [0.25, 0.3) is 0 Å². The minimum absolute atomic E-state index is 0.190. The van der Waals surface area contributed by atoms with E-state index >= 15 is 0 Å². The van der Waals surface area contributed by atoms with Crippen LogP contribution in [0.4, 0.5) is 0 Å². The summed E-state index contributed by atoms with van der Waals surface area (Å²) >= 11 is 1.80. The number of aromatic nitrogens is 1. The SMILES string of the molecule is COc1ccc2nc(C3(C)CCCNC3)sc2c1. The minimum atomic E-state index is 0.190. The van der Waals surface area contributed by atoms with Gasteiger partial charge >= 0.3 is 0 Å². The third kappa shape index (κ3) is 1.99. The molecule has 0 aliphatic carbocycles. The number of fused-ring (bicyclic) bond motifs is 1. The molecule has 96 valence electrons. The van der Waals surface area contributed by atoms with Crippen molar-refractivity contribution in [3.8, 4) is 5.75 Å². The summed E-state index contributed by atoms with van der Waals surface area (Å²) in [5, 5.41) is 4.73. The third-order valence-electron chi connectivity index (χ3n) is 3.71. The van der Waals surface area contributed by atoms with Gasteiger partial charge in [0, 0.05) is 12.0 Å². The maximum absolute atomic E-state index is 5.27. The number of piperidine rings is 1. The summed E-state index contributed by atoms with van der Waals surface area (Å²) in [6.07, 6.45) is 2.45. The van der Waals surface area contributed by atoms with Gasteiger partial charge in [-0.3, -0.25) is 0 Å². The number of rotatable bonds is 2. The van der Waals surface area contributed by atoms with Gasteiger partial charge in [-0.2, -0.15) is 0 Å². The molecule has 0 saturated carbocycles. The van der Waals surface area contributed by atoms with Crippen molar-refractivity contribution in [2.24, 2.45) is 0 Å². The molecule has 1 atom stereocenters. The van der Waals surface area contributed by atoms with Crippen LogP contribution in [0.2, 0.25) is 0 Å². The minimum Gasteiger partial charge on any atom is -0.497 e. The standard InChI is InChI=1S/C14H18N2OS/c1-14(6-3-7-15-9-14)13-16-11-5-4-10(17-2)8-12(11)18-13/h4-5,8,15H,3,6-7,9H2,1-2H3. The van der Waals surface area contributed by atoms with Crippen molar-refractivity contribution < 1.29 is 4.74 Å². The molecule has 1 N–H and O–H groups in total. The molecule has 0 spiro atoms. The molecule has 0 radical (unpaired) electrons. The largest absolute Gasteiger partial charge is 0.497 e. The highest BCUT2D eigenvalue weighted by Gasteiger charge is 2.31. The van der Waals surface area contributed by atoms with Gasteiger partial charge in [-0.1, -0.05) is 6.92 Å². The lowest BCUT2D eigenvalue weighted by atomic mass is 9.83. The van der Waals surface area contributed by atoms with Crippen molar-refractivity contribution in [3.63, 3.8) is 0 Å². The number of ether oxygens (including phenoxy) is 1. The van der Waals surface area contributed by atoms with Crippen molar-refractivity contribution in [1.29, 1.82) is 0 Å². The van der Waals surface area contributed by atoms with Gasteiger partial charge in [0.05, 0.1) is 17.3 Å². The summed E-state index contributed by atoms with van der Waals surface area (Å²) in [6, 6.07) is 6.11. The zero-order valence-electron chi connectivity index (χ0n) is 10.8. The topological polar surface area (TPSA) is 34.1 Å². The van der Waals surface area contributed by atoms with Gasteiger partial charge in [0.15, 0.2) is 0 Å². The molecule has 1 aliphatic rings. The molecule has 2 heterocycles. The Balaban J connectivity index is 2.02. The van der Waals surface area contributed by atoms with Gasteiger partial charge in [-0.05, 0) is 37.6 Å². The van der Waals surface area contributed by atoms with E-state index in [1.54, 1.807) is 18.4 Å². The van der Waals surface area contributed by atoms with Crippen LogP contribution in [0, 0.1) is 0 Å². The van der Waals surface area contributed by atoms with Crippen LogP contribution >= 0.6 is 11.3 Å². The molecule has 1 unspecified atom stereocenters. The van der Waals surface area contributed by atoms with Gasteiger partial charge < -0.3 is 10.1 Å². The fourth-order valence-corrected chi connectivity index (χ4v) is 3.70. The first-order valence-electron chi connectivity index (χ1n) is 6.37. The molecule has 0 bridgehead atoms. The summed E-state index contributed by atoms with van der Waals surface area (Å²) in [5.41, 5.74) is 1.28. The lowest BCUT2D eigenvalue weighted by Gasteiger charge is -2.32. The Morgan fingerprint density at radius 3 is 3.06 bits per heavy atom. The molecule has 3 nitrogen and oxygen atoms in total. The lowest BCUT2D eigenvalue weighted by molar-refractivity contribution is 0.339. The first-order chi connectivity index (χ1) is 8.71. The summed E-state index contributed by atoms with van der Waals surface area (Å²) in [7, 11) is 1.70. The van der Waals surface area contributed by atoms with Crippen molar-refractivity contribution >= 4 is 21.6 Å². The van der Waals surface area contributed by atoms with E-state index in [0.29, 0.717) is 0 Å². The van der Waals surface area contributed by atoms with Crippen molar-refractivity contribution in [2.75, 3.05) is 20.2 Å². The van der Waals surface area contributed by atoms with Crippen LogP contribution in [0.3, 0.4) is 0 Å². The first-order valence-corrected chi connectivity index (χ1v) is 7.19. The Hall–Kier alpha value is -1.13. The normalized spacial score (nSPS) is 24.3. The average molecular weight is 262 g/mol. The molecule has 0 amide bonds. The fourth-order valence-electron chi connectivity index (χ4n) is 2.53. The molecule has 1 fully saturated rings. The van der Waals surface area contributed by atoms with E-state index in [9.17, 15) is 0 Å². The first kappa shape index (κ1) is 11.9. The molecule has 1 aromatic carbocycles. The molecular formula is C14H18N2OS. The Morgan fingerprint density at radius 2 is 2.33 bits per heavy atom. The highest BCUT2D eigenvalue weighted by molar-refractivity contribution is 7.18. The van der Waals surface area contributed by atoms with E-state index in [-0.39, 0.29) is 5.41 Å². The third-order valence-corrected chi connectivity index (χ3v) is 5.03. The van der Waals surface area contributed by atoms with Gasteiger partial charge in [-0.25, -0.2) is 4.98 Å². The Morgan fingerprint density at radius 1 is 1.44 bits per heavy atom. The number of benzene rings is 1. The molecule has 1 aromatic heterocycles. The summed E-state index contributed by atoms with van der Waals surface area (Å²) in [5.74, 6) is 0.907. The van der Waals surface area contributed by atoms with Crippen LogP contribution in [0.5, 0.6) is 5.75 Å². The van der Waals surface area contributed by atoms with E-state index < -0.39 is 0 Å². The molecule has 18 heavy (non-hydrogen) atoms. The highest BCUT2D eigenvalue weighted by Crippen LogP contribution is 2.36. The van der Waals surface area contributed by atoms with E-state index in [1.165, 1.54) is 22.5 Å². The zero-order chi connectivity index (χ0) is 12.6. The van der Waals surface area contributed by atoms with Gasteiger partial charge in [-0.15, -0.1) is 11.3 Å². The van der Waals surface area contributed by atoms with E-state index in [4.69, 9.17) is 9.72 Å². The van der Waals surface area contributed by atoms with E-state index in [2.05, 4.69) is 18.3 Å². The number of methoxy groups -OCH3 is 1. The number of hydrogen-bond donors (Lipinski definition) is 1. The van der Waals surface area contributed by atoms with Crippen molar-refractivity contribution in [3.05, 3.63) is 23.2 Å². The highest BCUT2D eigenvalue weighted by atomic mass is 32.1. The van der Waals surface area contributed by atoms with E-state index in [1.807, 2.05) is 12.1 Å². The van der Waals surface area contributed by atoms with Crippen LogP contribution < -0.4 is 10.1 Å². The van der Waals surface area contributed by atoms with Crippen LogP contribution in [-0.2, 0) is 5.41 Å².